The number of carbonyl (C=O) groups excluding carboxylic acids is 1. The molecule has 1 aliphatic heterocycles. The molecule has 5 heteroatoms. The van der Waals surface area contributed by atoms with Gasteiger partial charge in [0, 0.05) is 34.9 Å². The van der Waals surface area contributed by atoms with Crippen LogP contribution in [0, 0.1) is 0 Å². The van der Waals surface area contributed by atoms with E-state index in [0.717, 1.165) is 17.6 Å². The maximum absolute atomic E-state index is 12.3. The minimum atomic E-state index is -0.177. The summed E-state index contributed by atoms with van der Waals surface area (Å²) in [6, 6.07) is 14.6. The Morgan fingerprint density at radius 3 is 2.52 bits per heavy atom. The number of rotatable bonds is 3. The van der Waals surface area contributed by atoms with Gasteiger partial charge in [-0.15, -0.1) is 0 Å². The van der Waals surface area contributed by atoms with Gasteiger partial charge >= 0.3 is 0 Å². The number of aromatic nitrogens is 1. The van der Waals surface area contributed by atoms with Crippen molar-refractivity contribution in [2.45, 2.75) is 20.4 Å². The number of hydrogen-bond donors (Lipinski definition) is 0. The van der Waals surface area contributed by atoms with Gasteiger partial charge in [-0.25, -0.2) is 0 Å². The third kappa shape index (κ3) is 2.43. The van der Waals surface area contributed by atoms with Crippen LogP contribution in [0.3, 0.4) is 0 Å². The van der Waals surface area contributed by atoms with Gasteiger partial charge in [-0.05, 0) is 49.8 Å². The summed E-state index contributed by atoms with van der Waals surface area (Å²) in [5, 5.41) is 2.68. The summed E-state index contributed by atoms with van der Waals surface area (Å²) < 4.78 is 7.76. The van der Waals surface area contributed by atoms with Gasteiger partial charge in [0.2, 0.25) is 0 Å². The van der Waals surface area contributed by atoms with Crippen LogP contribution in [0.4, 0.5) is 0 Å². The van der Waals surface area contributed by atoms with Crippen molar-refractivity contribution in [3.05, 3.63) is 53.8 Å². The average molecular weight is 350 g/mol. The molecule has 25 heavy (non-hydrogen) atoms. The van der Waals surface area contributed by atoms with Crippen LogP contribution < -0.4 is 0 Å². The molecule has 0 unspecified atom stereocenters. The molecular weight excluding hydrogens is 332 g/mol. The van der Waals surface area contributed by atoms with Crippen LogP contribution in [0.5, 0.6) is 0 Å². The molecule has 126 valence electrons. The molecule has 0 saturated carbocycles. The van der Waals surface area contributed by atoms with E-state index in [1.54, 1.807) is 6.08 Å². The Morgan fingerprint density at radius 2 is 1.80 bits per heavy atom. The summed E-state index contributed by atoms with van der Waals surface area (Å²) in [6.07, 6.45) is 1.77. The molecule has 2 heterocycles. The van der Waals surface area contributed by atoms with Crippen LogP contribution in [0.15, 0.2) is 48.2 Å². The third-order valence-corrected chi connectivity index (χ3v) is 4.91. The summed E-state index contributed by atoms with van der Waals surface area (Å²) in [7, 11) is 0. The Bertz CT molecular complexity index is 1050. The van der Waals surface area contributed by atoms with Crippen molar-refractivity contribution in [3.63, 3.8) is 0 Å². The smallest absolute Gasteiger partial charge is 0.297 e. The summed E-state index contributed by atoms with van der Waals surface area (Å²) in [6.45, 7) is 5.41. The number of ether oxygens (including phenoxy) is 1. The van der Waals surface area contributed by atoms with Crippen LogP contribution >= 0.6 is 12.2 Å². The van der Waals surface area contributed by atoms with Gasteiger partial charge in [-0.1, -0.05) is 30.3 Å². The highest BCUT2D eigenvalue weighted by molar-refractivity contribution is 7.80. The van der Waals surface area contributed by atoms with Gasteiger partial charge in [0.15, 0.2) is 5.76 Å². The number of likely N-dealkylation sites (N-methyl/N-ethyl adjacent to an activating group) is 1. The van der Waals surface area contributed by atoms with E-state index >= 15 is 0 Å². The first-order chi connectivity index (χ1) is 12.1. The summed E-state index contributed by atoms with van der Waals surface area (Å²) >= 11 is 5.11. The first-order valence-electron chi connectivity index (χ1n) is 8.40. The van der Waals surface area contributed by atoms with Crippen molar-refractivity contribution in [2.24, 2.45) is 0 Å². The van der Waals surface area contributed by atoms with Gasteiger partial charge < -0.3 is 9.30 Å². The molecule has 0 spiro atoms. The fourth-order valence-corrected chi connectivity index (χ4v) is 3.72. The fraction of sp³-hybridized carbons (Fsp3) is 0.200. The minimum Gasteiger partial charge on any atom is -0.426 e. The standard InChI is InChI=1S/C20H18N2O2S/c1-3-21-16-8-6-5-7-14(16)15-10-9-13(11-17(15)21)12-18-19(23)22(4-2)20(25)24-18/h5-12H,3-4H2,1-2H3/b18-12+. The number of hydrogen-bond acceptors (Lipinski definition) is 3. The number of fused-ring (bicyclic) bond motifs is 3. The maximum atomic E-state index is 12.3. The highest BCUT2D eigenvalue weighted by Gasteiger charge is 2.31. The molecule has 1 amide bonds. The van der Waals surface area contributed by atoms with Crippen LogP contribution in [-0.4, -0.2) is 27.1 Å². The van der Waals surface area contributed by atoms with E-state index in [2.05, 4.69) is 47.9 Å². The van der Waals surface area contributed by atoms with E-state index in [4.69, 9.17) is 17.0 Å². The summed E-state index contributed by atoms with van der Waals surface area (Å²) in [4.78, 5) is 13.8. The Balaban J connectivity index is 1.85. The molecule has 3 aromatic rings. The number of aryl methyl sites for hydroxylation is 1. The van der Waals surface area contributed by atoms with Crippen LogP contribution in [0.25, 0.3) is 27.9 Å². The van der Waals surface area contributed by atoms with Crippen molar-refractivity contribution in [1.29, 1.82) is 0 Å². The number of thiocarbonyl (C=S) groups is 1. The van der Waals surface area contributed by atoms with Gasteiger partial charge in [0.1, 0.15) is 0 Å². The Morgan fingerprint density at radius 1 is 1.04 bits per heavy atom. The SMILES string of the molecule is CCN1C(=O)/C(=C\c2ccc3c4ccccc4n(CC)c3c2)OC1=S. The highest BCUT2D eigenvalue weighted by Crippen LogP contribution is 2.30. The Hall–Kier alpha value is -2.66. The molecule has 0 N–H and O–H groups in total. The zero-order chi connectivity index (χ0) is 17.6. The lowest BCUT2D eigenvalue weighted by Crippen LogP contribution is -2.27. The van der Waals surface area contributed by atoms with E-state index < -0.39 is 0 Å². The maximum Gasteiger partial charge on any atom is 0.297 e. The third-order valence-electron chi connectivity index (χ3n) is 4.60. The molecule has 4 rings (SSSR count). The van der Waals surface area contributed by atoms with E-state index in [0.29, 0.717) is 6.54 Å². The van der Waals surface area contributed by atoms with Gasteiger partial charge in [0.05, 0.1) is 0 Å². The molecule has 1 saturated heterocycles. The molecule has 2 aromatic carbocycles. The highest BCUT2D eigenvalue weighted by atomic mass is 32.1. The second-order valence-electron chi connectivity index (χ2n) is 5.96. The lowest BCUT2D eigenvalue weighted by atomic mass is 10.1. The lowest BCUT2D eigenvalue weighted by molar-refractivity contribution is -0.122. The van der Waals surface area contributed by atoms with Crippen molar-refractivity contribution < 1.29 is 9.53 Å². The molecule has 1 aliphatic rings. The first kappa shape index (κ1) is 15.8. The molecule has 4 nitrogen and oxygen atoms in total. The van der Waals surface area contributed by atoms with E-state index in [-0.39, 0.29) is 16.8 Å². The van der Waals surface area contributed by atoms with Crippen molar-refractivity contribution >= 4 is 51.2 Å². The lowest BCUT2D eigenvalue weighted by Gasteiger charge is -2.06. The van der Waals surface area contributed by atoms with Crippen LogP contribution in [0.1, 0.15) is 19.4 Å². The molecule has 0 aliphatic carbocycles. The zero-order valence-electron chi connectivity index (χ0n) is 14.2. The second-order valence-corrected chi connectivity index (χ2v) is 6.31. The Labute approximate surface area is 151 Å². The molecule has 1 fully saturated rings. The quantitative estimate of drug-likeness (QED) is 0.521. The van der Waals surface area contributed by atoms with Gasteiger partial charge in [0.25, 0.3) is 11.1 Å². The van der Waals surface area contributed by atoms with Gasteiger partial charge in [-0.3, -0.25) is 9.69 Å². The molecule has 0 radical (unpaired) electrons. The topological polar surface area (TPSA) is 34.5 Å². The fourth-order valence-electron chi connectivity index (χ4n) is 3.42. The Kier molecular flexibility index (Phi) is 3.81. The predicted molar refractivity (Wildman–Crippen MR) is 104 cm³/mol. The number of para-hydroxylation sites is 1. The molecular formula is C20H18N2O2S. The normalized spacial score (nSPS) is 16.4. The summed E-state index contributed by atoms with van der Waals surface area (Å²) in [5.41, 5.74) is 3.30. The molecule has 1 aromatic heterocycles. The number of amides is 1. The largest absolute Gasteiger partial charge is 0.426 e. The van der Waals surface area contributed by atoms with E-state index in [9.17, 15) is 4.79 Å². The van der Waals surface area contributed by atoms with Crippen molar-refractivity contribution in [2.75, 3.05) is 6.54 Å². The number of benzene rings is 2. The van der Waals surface area contributed by atoms with Crippen molar-refractivity contribution in [1.82, 2.24) is 9.47 Å². The summed E-state index contributed by atoms with van der Waals surface area (Å²) in [5.74, 6) is 0.106. The zero-order valence-corrected chi connectivity index (χ0v) is 15.0. The van der Waals surface area contributed by atoms with Gasteiger partial charge in [-0.2, -0.15) is 0 Å². The van der Waals surface area contributed by atoms with Crippen LogP contribution in [0.2, 0.25) is 0 Å². The van der Waals surface area contributed by atoms with E-state index in [1.165, 1.54) is 21.2 Å². The van der Waals surface area contributed by atoms with Crippen LogP contribution in [-0.2, 0) is 16.1 Å². The van der Waals surface area contributed by atoms with E-state index in [1.807, 2.05) is 13.0 Å². The number of carbonyl (C=O) groups is 1. The second kappa shape index (κ2) is 6.01. The first-order valence-corrected chi connectivity index (χ1v) is 8.81. The number of nitrogens with zero attached hydrogens (tertiary/aromatic N) is 2. The molecule has 0 bridgehead atoms. The average Bonchev–Trinajstić information content (AvgIpc) is 3.08. The monoisotopic (exact) mass is 350 g/mol. The predicted octanol–water partition coefficient (Wildman–Crippen LogP) is 4.32. The molecule has 0 atom stereocenters. The minimum absolute atomic E-state index is 0.177. The van der Waals surface area contributed by atoms with Crippen molar-refractivity contribution in [3.8, 4) is 0 Å².